The summed E-state index contributed by atoms with van der Waals surface area (Å²) < 4.78 is 58.9. The molecule has 1 heterocycles. The summed E-state index contributed by atoms with van der Waals surface area (Å²) in [5.74, 6) is 6.13. The number of fused-ring (bicyclic) bond motifs is 3. The Morgan fingerprint density at radius 3 is 0.953 bits per heavy atom. The first-order chi connectivity index (χ1) is 62.2. The lowest BCUT2D eigenvalue weighted by molar-refractivity contribution is 0.161. The number of nitriles is 2. The minimum Gasteiger partial charge on any atom is -0.494 e. The highest BCUT2D eigenvalue weighted by Crippen LogP contribution is 2.46. The van der Waals surface area contributed by atoms with E-state index in [2.05, 4.69) is 211 Å². The monoisotopic (exact) mass is 1790 g/mol. The summed E-state index contributed by atoms with van der Waals surface area (Å²) in [4.78, 5) is 0. The number of hydrogen-bond acceptors (Lipinski definition) is 11. The van der Waals surface area contributed by atoms with Crippen molar-refractivity contribution in [3.05, 3.63) is 275 Å². The summed E-state index contributed by atoms with van der Waals surface area (Å²) >= 11 is 0. The molecule has 0 amide bonds. The van der Waals surface area contributed by atoms with Gasteiger partial charge in [-0.3, -0.25) is 0 Å². The van der Waals surface area contributed by atoms with Gasteiger partial charge in [-0.2, -0.15) is 10.5 Å². The van der Waals surface area contributed by atoms with Gasteiger partial charge in [-0.25, -0.2) is 0 Å². The van der Waals surface area contributed by atoms with Gasteiger partial charge in [0.15, 0.2) is 38.9 Å². The van der Waals surface area contributed by atoms with Crippen LogP contribution in [0.15, 0.2) is 231 Å². The third-order valence-electron chi connectivity index (χ3n) is 25.2. The maximum absolute atomic E-state index is 9.10. The van der Waals surface area contributed by atoms with Gasteiger partial charge in [-0.1, -0.05) is 289 Å². The van der Waals surface area contributed by atoms with Crippen molar-refractivity contribution in [2.45, 2.75) is 301 Å². The van der Waals surface area contributed by atoms with Gasteiger partial charge >= 0.3 is 0 Å². The van der Waals surface area contributed by atoms with Gasteiger partial charge in [0.2, 0.25) is 0 Å². The maximum Gasteiger partial charge on any atom is 0.178 e. The Morgan fingerprint density at radius 2 is 0.594 bits per heavy atom. The minimum absolute atomic E-state index is 0.498. The zero-order chi connectivity index (χ0) is 90.0. The van der Waals surface area contributed by atoms with E-state index in [0.29, 0.717) is 37.6 Å². The van der Waals surface area contributed by atoms with Crippen LogP contribution in [0.2, 0.25) is 76.6 Å². The molecule has 10 aromatic rings. The van der Waals surface area contributed by atoms with E-state index in [-0.39, 0.29) is 0 Å². The number of benzene rings is 10. The summed E-state index contributed by atoms with van der Waals surface area (Å²) in [5, 5.41) is 20.7. The number of nitrogens with zero attached hydrogens (tertiary/aromatic N) is 2. The molecule has 0 saturated heterocycles. The van der Waals surface area contributed by atoms with Crippen molar-refractivity contribution >= 4 is 50.1 Å². The molecule has 0 bridgehead atoms. The van der Waals surface area contributed by atoms with Crippen molar-refractivity contribution in [3.8, 4) is 74.6 Å². The van der Waals surface area contributed by atoms with Gasteiger partial charge < -0.3 is 41.4 Å². The molecule has 0 fully saturated rings. The molecule has 0 spiro atoms. The second-order valence-electron chi connectivity index (χ2n) is 38.2. The molecule has 10 aromatic carbocycles. The average molecular weight is 1790 g/mol. The van der Waals surface area contributed by atoms with Gasteiger partial charge in [0, 0.05) is 16.7 Å². The van der Waals surface area contributed by atoms with Crippen molar-refractivity contribution < 1.29 is 41.4 Å². The van der Waals surface area contributed by atoms with Crippen molar-refractivity contribution in [1.82, 2.24) is 0 Å². The Balaban J connectivity index is 0.530. The minimum atomic E-state index is -1.79. The molecule has 680 valence electrons. The molecule has 11 nitrogen and oxygen atoms in total. The molecular weight excluding hydrogens is 1640 g/mol. The van der Waals surface area contributed by atoms with Crippen molar-refractivity contribution in [3.63, 3.8) is 0 Å². The fourth-order valence-electron chi connectivity index (χ4n) is 18.0. The lowest BCUT2D eigenvalue weighted by atomic mass is 9.83. The van der Waals surface area contributed by atoms with Crippen LogP contribution < -0.4 is 33.2 Å². The lowest BCUT2D eigenvalue weighted by Gasteiger charge is -2.36. The van der Waals surface area contributed by atoms with Crippen molar-refractivity contribution in [2.24, 2.45) is 0 Å². The smallest absolute Gasteiger partial charge is 0.178 e. The van der Waals surface area contributed by atoms with E-state index in [1.165, 1.54) is 195 Å². The van der Waals surface area contributed by atoms with Crippen LogP contribution in [0.4, 0.5) is 0 Å². The molecule has 11 rings (SSSR count). The molecule has 0 atom stereocenters. The topological polar surface area (TPSA) is 131 Å². The Hall–Kier alpha value is -9.43. The van der Waals surface area contributed by atoms with E-state index in [0.717, 1.165) is 148 Å². The molecule has 1 aliphatic rings. The van der Waals surface area contributed by atoms with E-state index < -0.39 is 38.9 Å². The van der Waals surface area contributed by atoms with E-state index >= 15 is 0 Å². The molecule has 0 unspecified atom stereocenters. The Kier molecular flexibility index (Phi) is 40.6. The van der Waals surface area contributed by atoms with Gasteiger partial charge in [-0.05, 0) is 280 Å². The quantitative estimate of drug-likeness (QED) is 0.0267. The fourth-order valence-corrected chi connectivity index (χ4v) is 36.0. The predicted octanol–water partition coefficient (Wildman–Crippen LogP) is 32.5. The number of ether oxygens (including phenoxy) is 7. The Labute approximate surface area is 774 Å². The van der Waals surface area contributed by atoms with Crippen LogP contribution in [0.5, 0.6) is 40.2 Å². The summed E-state index contributed by atoms with van der Waals surface area (Å²) in [6, 6.07) is 86.0. The Bertz CT molecular complexity index is 4730. The molecule has 0 saturated carbocycles. The van der Waals surface area contributed by atoms with Crippen LogP contribution in [-0.2, 0) is 33.5 Å². The van der Waals surface area contributed by atoms with Crippen molar-refractivity contribution in [2.75, 3.05) is 26.4 Å². The molecular formula is C113H148N2O9Si4. The highest BCUT2D eigenvalue weighted by Gasteiger charge is 2.39. The number of aryl methyl sites for hydroxylation is 1. The molecule has 0 radical (unpaired) electrons. The molecule has 1 aliphatic heterocycles. The highest BCUT2D eigenvalue weighted by molar-refractivity contribution is 6.85. The zero-order valence-corrected chi connectivity index (χ0v) is 83.1. The predicted molar refractivity (Wildman–Crippen MR) is 543 cm³/mol. The van der Waals surface area contributed by atoms with Gasteiger partial charge in [0.05, 0.1) is 49.7 Å². The molecule has 15 heteroatoms. The van der Waals surface area contributed by atoms with Gasteiger partial charge in [-0.15, -0.1) is 0 Å². The van der Waals surface area contributed by atoms with Crippen LogP contribution in [0.3, 0.4) is 0 Å². The third kappa shape index (κ3) is 34.1. The molecule has 0 N–H and O–H groups in total. The number of hydrogen-bond donors (Lipinski definition) is 0. The standard InChI is InChI=1S/C113H148N2O9Si4/c1-10-11-12-13-24-31-40-92-49-75-110-101(87-92)58-76-112-111(110)77-78-113(122-112,102-59-71-106(72-60-102)118-81-34-29-38-85-127(6,7)123-125(2,3)83-36-27-22-18-14-16-20-25-32-79-116-104-63-45-95(46-64-104)90-120-108-67-54-99(55-68-108)97-50-41-93(88-114)42-51-97)103-61-73-107(74-62-103)119-82-35-30-39-86-128(8,9)124-126(4,5)84-37-28-23-19-15-17-21-26-33-80-117-105-65-47-96(48-66-105)91-121-109-69-56-100(57-70-109)98-52-43-94(89-115)44-53-98/h41-78,87H,10-40,79-86,90-91H2,1-9H3. The average Bonchev–Trinajstić information content (AvgIpc) is 0.738. The van der Waals surface area contributed by atoms with E-state index in [1.807, 2.05) is 97.1 Å². The highest BCUT2D eigenvalue weighted by atomic mass is 28.4. The Morgan fingerprint density at radius 1 is 0.297 bits per heavy atom. The first-order valence-corrected chi connectivity index (χ1v) is 61.4. The summed E-state index contributed by atoms with van der Waals surface area (Å²) in [7, 11) is -7.07. The van der Waals surface area contributed by atoms with E-state index in [1.54, 1.807) is 0 Å². The van der Waals surface area contributed by atoms with Crippen LogP contribution in [-0.4, -0.2) is 59.7 Å². The van der Waals surface area contributed by atoms with E-state index in [9.17, 15) is 0 Å². The number of unbranched alkanes of at least 4 members (excludes halogenated alkanes) is 25. The van der Waals surface area contributed by atoms with Gasteiger partial charge in [0.25, 0.3) is 0 Å². The summed E-state index contributed by atoms with van der Waals surface area (Å²) in [6.07, 6.45) is 43.0. The fraction of sp³-hybridized carbons (Fsp3) is 0.451. The second kappa shape index (κ2) is 52.4. The SMILES string of the molecule is CCCCCCCCc1ccc2c3c(ccc2c1)OC(c1ccc(OCCCCC[Si](C)(C)O[Si](C)(C)CCCCCCCCCCCOc2ccc(COc4ccc(-c5ccc(C#N)cc5)cc4)cc2)cc1)(c1ccc(OCCCCC[Si](C)(C)O[Si](C)(C)CCCCCCCCCCCOc2ccc(COc4ccc(-c5ccc(C#N)cc5)cc4)cc2)cc1)C=C3. The van der Waals surface area contributed by atoms with Crippen LogP contribution in [0, 0.1) is 22.7 Å². The normalized spacial score (nSPS) is 12.6. The summed E-state index contributed by atoms with van der Waals surface area (Å²) in [5.41, 5.74) is 11.7. The van der Waals surface area contributed by atoms with Crippen LogP contribution in [0.25, 0.3) is 39.1 Å². The number of rotatable bonds is 61. The second-order valence-corrected chi connectivity index (χ2v) is 55.9. The third-order valence-corrected chi connectivity index (χ3v) is 40.2. The van der Waals surface area contributed by atoms with Crippen LogP contribution >= 0.6 is 0 Å². The van der Waals surface area contributed by atoms with Crippen molar-refractivity contribution in [1.29, 1.82) is 10.5 Å². The first kappa shape index (κ1) is 99.1. The molecule has 128 heavy (non-hydrogen) atoms. The molecule has 0 aliphatic carbocycles. The molecule has 0 aromatic heterocycles. The maximum atomic E-state index is 9.10. The van der Waals surface area contributed by atoms with Gasteiger partial charge in [0.1, 0.15) is 53.5 Å². The van der Waals surface area contributed by atoms with E-state index in [4.69, 9.17) is 51.9 Å². The van der Waals surface area contributed by atoms with Crippen LogP contribution in [0.1, 0.15) is 244 Å². The lowest BCUT2D eigenvalue weighted by Crippen LogP contribution is -2.44. The zero-order valence-electron chi connectivity index (χ0n) is 79.1. The first-order valence-electron chi connectivity index (χ1n) is 48.9. The summed E-state index contributed by atoms with van der Waals surface area (Å²) in [6.45, 7) is 25.8. The largest absolute Gasteiger partial charge is 0.494 e.